The van der Waals surface area contributed by atoms with Crippen molar-refractivity contribution in [3.05, 3.63) is 6.26 Å². The Bertz CT molecular complexity index is 42.0. The standard InChI is InChI=1S/C2H2O2/c3-1-2-4/h1,3H. The molecule has 0 aromatic rings. The van der Waals surface area contributed by atoms with E-state index in [0.717, 1.165) is 5.94 Å². The topological polar surface area (TPSA) is 37.3 Å². The molecule has 2 heteroatoms. The maximum absolute atomic E-state index is 8.74. The summed E-state index contributed by atoms with van der Waals surface area (Å²) in [5.74, 6) is 1.11. The van der Waals surface area contributed by atoms with Crippen LogP contribution < -0.4 is 0 Å². The Morgan fingerprint density at radius 1 is 2.00 bits per heavy atom. The zero-order chi connectivity index (χ0) is 3.41. The van der Waals surface area contributed by atoms with Gasteiger partial charge < -0.3 is 5.11 Å². The highest BCUT2D eigenvalue weighted by molar-refractivity contribution is 5.41. The first kappa shape index (κ1) is 3.25. The molecule has 0 saturated heterocycles. The molecule has 0 radical (unpaired) electrons. The molecule has 0 amide bonds. The van der Waals surface area contributed by atoms with E-state index in [1.54, 1.807) is 0 Å². The van der Waals surface area contributed by atoms with Crippen molar-refractivity contribution in [3.63, 3.8) is 0 Å². The summed E-state index contributed by atoms with van der Waals surface area (Å²) in [4.78, 5) is 8.74. The molecule has 0 atom stereocenters. The molecule has 0 aromatic heterocycles. The molecule has 0 aromatic carbocycles. The lowest BCUT2D eigenvalue weighted by Crippen LogP contribution is -1.41. The fourth-order valence-electron chi connectivity index (χ4n) is 0. The monoisotopic (exact) mass is 58.0 g/mol. The fraction of sp³-hybridized carbons (Fsp3) is 0. The molecule has 22 valence electrons. The van der Waals surface area contributed by atoms with E-state index in [9.17, 15) is 0 Å². The van der Waals surface area contributed by atoms with Gasteiger partial charge in [-0.3, -0.25) is 0 Å². The van der Waals surface area contributed by atoms with Crippen LogP contribution in [-0.4, -0.2) is 11.0 Å². The number of rotatable bonds is 0. The molecule has 0 fully saturated rings. The first-order valence-corrected chi connectivity index (χ1v) is 0.751. The van der Waals surface area contributed by atoms with Gasteiger partial charge in [0.25, 0.3) is 0 Å². The van der Waals surface area contributed by atoms with Gasteiger partial charge in [-0.05, 0) is 0 Å². The summed E-state index contributed by atoms with van der Waals surface area (Å²) >= 11 is 0. The van der Waals surface area contributed by atoms with E-state index in [1.807, 2.05) is 0 Å². The highest BCUT2D eigenvalue weighted by Crippen LogP contribution is 1.24. The Labute approximate surface area is 23.4 Å². The van der Waals surface area contributed by atoms with Gasteiger partial charge in [-0.15, -0.1) is 0 Å². The molecule has 0 aliphatic rings. The second kappa shape index (κ2) is 2.25. The third kappa shape index (κ3) is 1.25. The Kier molecular flexibility index (Phi) is 1.83. The summed E-state index contributed by atoms with van der Waals surface area (Å²) in [6, 6.07) is 0. The van der Waals surface area contributed by atoms with Gasteiger partial charge in [0.2, 0.25) is 0 Å². The van der Waals surface area contributed by atoms with Crippen LogP contribution in [0.1, 0.15) is 0 Å². The van der Waals surface area contributed by atoms with E-state index in [0.29, 0.717) is 6.26 Å². The summed E-state index contributed by atoms with van der Waals surface area (Å²) < 4.78 is 0. The normalized spacial score (nSPS) is 4.00. The molecule has 0 rings (SSSR count). The van der Waals surface area contributed by atoms with E-state index in [2.05, 4.69) is 0 Å². The largest absolute Gasteiger partial charge is 0.504 e. The summed E-state index contributed by atoms with van der Waals surface area (Å²) in [5, 5.41) is 7.33. The van der Waals surface area contributed by atoms with Crippen molar-refractivity contribution in [2.24, 2.45) is 0 Å². The van der Waals surface area contributed by atoms with Gasteiger partial charge in [0.05, 0.1) is 0 Å². The minimum absolute atomic E-state index is 0.319. The lowest BCUT2D eigenvalue weighted by Gasteiger charge is -1.40. The van der Waals surface area contributed by atoms with Crippen LogP contribution in [0.15, 0.2) is 6.26 Å². The van der Waals surface area contributed by atoms with Crippen molar-refractivity contribution in [3.8, 4) is 0 Å². The lowest BCUT2D eigenvalue weighted by molar-refractivity contribution is 0.469. The third-order valence-corrected chi connectivity index (χ3v) is 0.0527. The highest BCUT2D eigenvalue weighted by Gasteiger charge is 1.32. The Morgan fingerprint density at radius 2 is 2.25 bits per heavy atom. The summed E-state index contributed by atoms with van der Waals surface area (Å²) in [5.41, 5.74) is 0. The van der Waals surface area contributed by atoms with Crippen LogP contribution >= 0.6 is 0 Å². The van der Waals surface area contributed by atoms with Gasteiger partial charge in [0.1, 0.15) is 0 Å². The minimum Gasteiger partial charge on any atom is -0.504 e. The van der Waals surface area contributed by atoms with Crippen molar-refractivity contribution in [1.82, 2.24) is 0 Å². The molecule has 0 spiro atoms. The molecule has 4 heavy (non-hydrogen) atoms. The fourth-order valence-corrected chi connectivity index (χ4v) is 0. The quantitative estimate of drug-likeness (QED) is 0.311. The number of aliphatic hydroxyl groups is 1. The van der Waals surface area contributed by atoms with Crippen LogP contribution in [0.5, 0.6) is 0 Å². The average molecular weight is 58.0 g/mol. The van der Waals surface area contributed by atoms with Crippen LogP contribution in [0.4, 0.5) is 0 Å². The molecule has 0 aliphatic carbocycles. The molecule has 1 N–H and O–H groups in total. The molecule has 0 saturated carbocycles. The van der Waals surface area contributed by atoms with E-state index in [-0.39, 0.29) is 0 Å². The molecule has 0 aliphatic heterocycles. The average Bonchev–Trinajstić information content (AvgIpc) is 1.37. The van der Waals surface area contributed by atoms with Crippen molar-refractivity contribution >= 4 is 5.94 Å². The Hall–Kier alpha value is -0.750. The molecule has 2 nitrogen and oxygen atoms in total. The van der Waals surface area contributed by atoms with Crippen molar-refractivity contribution in [1.29, 1.82) is 0 Å². The second-order valence-corrected chi connectivity index (χ2v) is 0.247. The minimum atomic E-state index is 0.319. The van der Waals surface area contributed by atoms with Crippen LogP contribution in [0.2, 0.25) is 0 Å². The van der Waals surface area contributed by atoms with Gasteiger partial charge >= 0.3 is 0 Å². The van der Waals surface area contributed by atoms with Gasteiger partial charge in [-0.25, -0.2) is 4.79 Å². The van der Waals surface area contributed by atoms with Crippen molar-refractivity contribution in [2.75, 3.05) is 0 Å². The van der Waals surface area contributed by atoms with E-state index in [4.69, 9.17) is 9.90 Å². The summed E-state index contributed by atoms with van der Waals surface area (Å²) in [6.45, 7) is 0. The first-order chi connectivity index (χ1) is 1.91. The van der Waals surface area contributed by atoms with E-state index >= 15 is 0 Å². The molecule has 0 bridgehead atoms. The maximum Gasteiger partial charge on any atom is 0.163 e. The van der Waals surface area contributed by atoms with Crippen LogP contribution in [0.25, 0.3) is 0 Å². The first-order valence-electron chi connectivity index (χ1n) is 0.751. The van der Waals surface area contributed by atoms with Crippen LogP contribution in [0, 0.1) is 0 Å². The molecule has 0 unspecified atom stereocenters. The zero-order valence-corrected chi connectivity index (χ0v) is 1.93. The van der Waals surface area contributed by atoms with E-state index < -0.39 is 0 Å². The SMILES string of the molecule is O=C=CO. The number of carbonyl (C=O) groups excluding carboxylic acids is 1. The molecule has 0 heterocycles. The van der Waals surface area contributed by atoms with Gasteiger partial charge in [0, 0.05) is 0 Å². The molecular weight excluding hydrogens is 56.0 g/mol. The summed E-state index contributed by atoms with van der Waals surface area (Å²) in [7, 11) is 0. The van der Waals surface area contributed by atoms with Crippen molar-refractivity contribution < 1.29 is 9.90 Å². The van der Waals surface area contributed by atoms with Gasteiger partial charge in [-0.1, -0.05) is 0 Å². The van der Waals surface area contributed by atoms with Gasteiger partial charge in [-0.2, -0.15) is 0 Å². The lowest BCUT2D eigenvalue weighted by atomic mass is 11.1. The summed E-state index contributed by atoms with van der Waals surface area (Å²) in [6.07, 6.45) is 0.319. The smallest absolute Gasteiger partial charge is 0.163 e. The van der Waals surface area contributed by atoms with Crippen molar-refractivity contribution in [2.45, 2.75) is 0 Å². The van der Waals surface area contributed by atoms with Gasteiger partial charge in [0.15, 0.2) is 12.2 Å². The Balaban J connectivity index is 3.11. The van der Waals surface area contributed by atoms with Crippen LogP contribution in [0.3, 0.4) is 0 Å². The van der Waals surface area contributed by atoms with Crippen LogP contribution in [-0.2, 0) is 4.79 Å². The van der Waals surface area contributed by atoms with E-state index in [1.165, 1.54) is 0 Å². The number of hydrogen-bond donors (Lipinski definition) is 1. The highest BCUT2D eigenvalue weighted by atomic mass is 16.2. The predicted molar refractivity (Wildman–Crippen MR) is 12.9 cm³/mol. The Morgan fingerprint density at radius 3 is 2.25 bits per heavy atom. The number of hydrogen-bond acceptors (Lipinski definition) is 2. The molecular formula is C2H2O2. The predicted octanol–water partition coefficient (Wildman–Crippen LogP) is -0.110. The maximum atomic E-state index is 8.74. The second-order valence-electron chi connectivity index (χ2n) is 0.247. The third-order valence-electron chi connectivity index (χ3n) is 0.0527. The number of aliphatic hydroxyl groups excluding tert-OH is 1. The zero-order valence-electron chi connectivity index (χ0n) is 1.93.